The lowest BCUT2D eigenvalue weighted by atomic mass is 10.1. The number of ether oxygens (including phenoxy) is 1. The van der Waals surface area contributed by atoms with Gasteiger partial charge in [-0.15, -0.1) is 0 Å². The van der Waals surface area contributed by atoms with Crippen LogP contribution in [0.2, 0.25) is 0 Å². The Kier molecular flexibility index (Phi) is 5.96. The molecule has 134 valence electrons. The molecular weight excluding hydrogens is 346 g/mol. The Bertz CT molecular complexity index is 846. The zero-order valence-electron chi connectivity index (χ0n) is 14.8. The Hall–Kier alpha value is -2.73. The van der Waals surface area contributed by atoms with Crippen LogP contribution >= 0.6 is 11.3 Å². The van der Waals surface area contributed by atoms with Crippen LogP contribution in [0.15, 0.2) is 53.5 Å². The summed E-state index contributed by atoms with van der Waals surface area (Å²) in [7, 11) is 0. The molecule has 5 nitrogen and oxygen atoms in total. The van der Waals surface area contributed by atoms with Crippen LogP contribution in [0.5, 0.6) is 5.88 Å². The predicted molar refractivity (Wildman–Crippen MR) is 103 cm³/mol. The molecular formula is C20H21N3O2S. The topological polar surface area (TPSA) is 64.1 Å². The van der Waals surface area contributed by atoms with Gasteiger partial charge in [0.15, 0.2) is 0 Å². The fourth-order valence-electron chi connectivity index (χ4n) is 2.37. The third-order valence-corrected chi connectivity index (χ3v) is 4.37. The number of pyridine rings is 2. The number of carbonyl (C=O) groups is 1. The van der Waals surface area contributed by atoms with E-state index in [0.29, 0.717) is 30.5 Å². The first-order valence-corrected chi connectivity index (χ1v) is 9.41. The molecule has 0 unspecified atom stereocenters. The van der Waals surface area contributed by atoms with Gasteiger partial charge in [0.25, 0.3) is 5.91 Å². The summed E-state index contributed by atoms with van der Waals surface area (Å²) in [6, 6.07) is 9.32. The average Bonchev–Trinajstić information content (AvgIpc) is 3.19. The number of aromatic nitrogens is 2. The lowest BCUT2D eigenvalue weighted by Crippen LogP contribution is -2.23. The minimum atomic E-state index is -0.173. The van der Waals surface area contributed by atoms with Gasteiger partial charge in [-0.3, -0.25) is 9.78 Å². The predicted octanol–water partition coefficient (Wildman–Crippen LogP) is 4.17. The lowest BCUT2D eigenvalue weighted by molar-refractivity contribution is 0.0950. The van der Waals surface area contributed by atoms with Crippen LogP contribution in [0.1, 0.15) is 29.8 Å². The SMILES string of the molecule is CC(C)COc1ccc(C(=O)NCc2cccnc2-c2ccsc2)cn1. The fraction of sp³-hybridized carbons (Fsp3) is 0.250. The van der Waals surface area contributed by atoms with Gasteiger partial charge in [0.05, 0.1) is 17.9 Å². The molecule has 0 bridgehead atoms. The smallest absolute Gasteiger partial charge is 0.253 e. The summed E-state index contributed by atoms with van der Waals surface area (Å²) in [6.45, 7) is 5.16. The highest BCUT2D eigenvalue weighted by molar-refractivity contribution is 7.08. The van der Waals surface area contributed by atoms with Crippen molar-refractivity contribution in [3.63, 3.8) is 0 Å². The molecule has 0 aliphatic carbocycles. The number of amides is 1. The highest BCUT2D eigenvalue weighted by atomic mass is 32.1. The van der Waals surface area contributed by atoms with Crippen molar-refractivity contribution in [2.45, 2.75) is 20.4 Å². The lowest BCUT2D eigenvalue weighted by Gasteiger charge is -2.10. The number of nitrogens with zero attached hydrogens (tertiary/aromatic N) is 2. The largest absolute Gasteiger partial charge is 0.477 e. The average molecular weight is 367 g/mol. The van der Waals surface area contributed by atoms with Crippen molar-refractivity contribution < 1.29 is 9.53 Å². The Morgan fingerprint density at radius 2 is 2.12 bits per heavy atom. The molecule has 0 saturated carbocycles. The zero-order valence-corrected chi connectivity index (χ0v) is 15.6. The molecule has 3 aromatic heterocycles. The highest BCUT2D eigenvalue weighted by Crippen LogP contribution is 2.23. The number of hydrogen-bond acceptors (Lipinski definition) is 5. The number of nitrogens with one attached hydrogen (secondary N) is 1. The van der Waals surface area contributed by atoms with Crippen molar-refractivity contribution in [3.8, 4) is 17.1 Å². The number of hydrogen-bond donors (Lipinski definition) is 1. The monoisotopic (exact) mass is 367 g/mol. The molecule has 0 radical (unpaired) electrons. The van der Waals surface area contributed by atoms with Crippen LogP contribution in [0.3, 0.4) is 0 Å². The summed E-state index contributed by atoms with van der Waals surface area (Å²) < 4.78 is 5.54. The van der Waals surface area contributed by atoms with Crippen LogP contribution in [0.4, 0.5) is 0 Å². The molecule has 26 heavy (non-hydrogen) atoms. The van der Waals surface area contributed by atoms with E-state index >= 15 is 0 Å². The van der Waals surface area contributed by atoms with Gasteiger partial charge >= 0.3 is 0 Å². The van der Waals surface area contributed by atoms with Crippen LogP contribution in [-0.2, 0) is 6.54 Å². The highest BCUT2D eigenvalue weighted by Gasteiger charge is 2.10. The van der Waals surface area contributed by atoms with Crippen LogP contribution in [-0.4, -0.2) is 22.5 Å². The molecule has 3 aromatic rings. The molecule has 3 heterocycles. The van der Waals surface area contributed by atoms with Gasteiger partial charge in [-0.05, 0) is 35.1 Å². The number of carbonyl (C=O) groups excluding carboxylic acids is 1. The van der Waals surface area contributed by atoms with Gasteiger partial charge < -0.3 is 10.1 Å². The Balaban J connectivity index is 1.63. The summed E-state index contributed by atoms with van der Waals surface area (Å²) in [6.07, 6.45) is 3.30. The summed E-state index contributed by atoms with van der Waals surface area (Å²) >= 11 is 1.62. The molecule has 1 N–H and O–H groups in total. The van der Waals surface area contributed by atoms with Crippen LogP contribution in [0.25, 0.3) is 11.3 Å². The molecule has 0 aliphatic heterocycles. The van der Waals surface area contributed by atoms with Gasteiger partial charge in [0.2, 0.25) is 5.88 Å². The van der Waals surface area contributed by atoms with Crippen molar-refractivity contribution in [3.05, 3.63) is 64.6 Å². The summed E-state index contributed by atoms with van der Waals surface area (Å²) in [5.41, 5.74) is 3.43. The quantitative estimate of drug-likeness (QED) is 0.681. The van der Waals surface area contributed by atoms with E-state index in [0.717, 1.165) is 16.8 Å². The van der Waals surface area contributed by atoms with Gasteiger partial charge in [-0.1, -0.05) is 19.9 Å². The second-order valence-corrected chi connectivity index (χ2v) is 7.08. The van der Waals surface area contributed by atoms with E-state index in [1.54, 1.807) is 29.7 Å². The molecule has 0 atom stereocenters. The first-order valence-electron chi connectivity index (χ1n) is 8.47. The third-order valence-electron chi connectivity index (χ3n) is 3.69. The Morgan fingerprint density at radius 3 is 2.81 bits per heavy atom. The first-order chi connectivity index (χ1) is 12.6. The van der Waals surface area contributed by atoms with E-state index in [2.05, 4.69) is 29.1 Å². The summed E-state index contributed by atoms with van der Waals surface area (Å²) in [4.78, 5) is 21.0. The van der Waals surface area contributed by atoms with Crippen molar-refractivity contribution in [1.82, 2.24) is 15.3 Å². The van der Waals surface area contributed by atoms with Crippen LogP contribution < -0.4 is 10.1 Å². The van der Waals surface area contributed by atoms with Gasteiger partial charge in [0.1, 0.15) is 0 Å². The van der Waals surface area contributed by atoms with Crippen molar-refractivity contribution in [1.29, 1.82) is 0 Å². The fourth-order valence-corrected chi connectivity index (χ4v) is 3.01. The maximum absolute atomic E-state index is 12.4. The second kappa shape index (κ2) is 8.58. The van der Waals surface area contributed by atoms with Gasteiger partial charge in [-0.25, -0.2) is 4.98 Å². The van der Waals surface area contributed by atoms with Crippen molar-refractivity contribution in [2.75, 3.05) is 6.61 Å². The minimum absolute atomic E-state index is 0.173. The number of thiophene rings is 1. The minimum Gasteiger partial charge on any atom is -0.477 e. The van der Waals surface area contributed by atoms with E-state index in [9.17, 15) is 4.79 Å². The Labute approximate surface area is 157 Å². The zero-order chi connectivity index (χ0) is 18.4. The molecule has 1 amide bonds. The first kappa shape index (κ1) is 18.1. The molecule has 6 heteroatoms. The van der Waals surface area contributed by atoms with E-state index in [-0.39, 0.29) is 5.91 Å². The van der Waals surface area contributed by atoms with Gasteiger partial charge in [0, 0.05) is 35.9 Å². The summed E-state index contributed by atoms with van der Waals surface area (Å²) in [5.74, 6) is 0.784. The van der Waals surface area contributed by atoms with E-state index < -0.39 is 0 Å². The van der Waals surface area contributed by atoms with E-state index in [1.807, 2.05) is 29.0 Å². The van der Waals surface area contributed by atoms with Gasteiger partial charge in [-0.2, -0.15) is 11.3 Å². The molecule has 0 aliphatic rings. The number of rotatable bonds is 7. The normalized spacial score (nSPS) is 10.7. The molecule has 0 aromatic carbocycles. The summed E-state index contributed by atoms with van der Waals surface area (Å²) in [5, 5.41) is 6.99. The van der Waals surface area contributed by atoms with Crippen molar-refractivity contribution in [2.24, 2.45) is 5.92 Å². The van der Waals surface area contributed by atoms with Crippen molar-refractivity contribution >= 4 is 17.2 Å². The maximum atomic E-state index is 12.4. The molecule has 0 saturated heterocycles. The third kappa shape index (κ3) is 4.67. The van der Waals surface area contributed by atoms with Crippen LogP contribution in [0, 0.1) is 5.92 Å². The molecule has 0 fully saturated rings. The molecule has 0 spiro atoms. The maximum Gasteiger partial charge on any atom is 0.253 e. The second-order valence-electron chi connectivity index (χ2n) is 6.30. The van der Waals surface area contributed by atoms with E-state index in [4.69, 9.17) is 4.74 Å². The standard InChI is InChI=1S/C20H21N3O2S/c1-14(2)12-25-18-6-5-16(11-22-18)20(24)23-10-15-4-3-8-21-19(15)17-7-9-26-13-17/h3-9,11,13-14H,10,12H2,1-2H3,(H,23,24). The molecule has 3 rings (SSSR count). The Morgan fingerprint density at radius 1 is 1.23 bits per heavy atom. The van der Waals surface area contributed by atoms with E-state index in [1.165, 1.54) is 6.20 Å².